The summed E-state index contributed by atoms with van der Waals surface area (Å²) in [4.78, 5) is 0. The van der Waals surface area contributed by atoms with Crippen molar-refractivity contribution in [1.82, 2.24) is 14.6 Å². The monoisotopic (exact) mass is 231 g/mol. The lowest BCUT2D eigenvalue weighted by atomic mass is 10.2. The third-order valence-corrected chi connectivity index (χ3v) is 2.14. The lowest BCUT2D eigenvalue weighted by Gasteiger charge is -2.06. The largest absolute Gasteiger partial charge is 0.417 e. The van der Waals surface area contributed by atoms with Crippen molar-refractivity contribution in [2.45, 2.75) is 12.6 Å². The summed E-state index contributed by atoms with van der Waals surface area (Å²) in [6.07, 6.45) is -3.29. The van der Waals surface area contributed by atoms with E-state index >= 15 is 0 Å². The molecule has 4 nitrogen and oxygen atoms in total. The molecule has 0 fully saturated rings. The predicted molar refractivity (Wildman–Crippen MR) is 48.8 cm³/mol. The number of hydrogen-bond donors (Lipinski definition) is 1. The molecule has 0 radical (unpaired) electrons. The maximum absolute atomic E-state index is 12.4. The first kappa shape index (κ1) is 10.9. The van der Waals surface area contributed by atoms with E-state index < -0.39 is 11.7 Å². The second-order valence-electron chi connectivity index (χ2n) is 3.23. The van der Waals surface area contributed by atoms with Crippen LogP contribution in [0.3, 0.4) is 0 Å². The molecule has 0 saturated heterocycles. The van der Waals surface area contributed by atoms with Crippen LogP contribution < -0.4 is 0 Å². The maximum atomic E-state index is 12.4. The van der Waals surface area contributed by atoms with Gasteiger partial charge >= 0.3 is 6.18 Å². The van der Waals surface area contributed by atoms with Crippen LogP contribution in [-0.2, 0) is 12.6 Å². The van der Waals surface area contributed by atoms with E-state index in [1.54, 1.807) is 0 Å². The highest BCUT2D eigenvalue weighted by Crippen LogP contribution is 2.29. The number of halogens is 3. The van der Waals surface area contributed by atoms with Gasteiger partial charge in [-0.1, -0.05) is 0 Å². The fraction of sp³-hybridized carbons (Fsp3) is 0.333. The quantitative estimate of drug-likeness (QED) is 0.847. The van der Waals surface area contributed by atoms with Gasteiger partial charge in [0, 0.05) is 12.6 Å². The Kier molecular flexibility index (Phi) is 2.55. The topological polar surface area (TPSA) is 50.4 Å². The van der Waals surface area contributed by atoms with Crippen molar-refractivity contribution < 1.29 is 18.3 Å². The molecule has 0 aliphatic carbocycles. The first-order valence-corrected chi connectivity index (χ1v) is 4.54. The van der Waals surface area contributed by atoms with Crippen molar-refractivity contribution in [1.29, 1.82) is 0 Å². The highest BCUT2D eigenvalue weighted by atomic mass is 19.4. The average molecular weight is 231 g/mol. The van der Waals surface area contributed by atoms with Crippen molar-refractivity contribution in [2.24, 2.45) is 0 Å². The molecule has 1 N–H and O–H groups in total. The number of fused-ring (bicyclic) bond motifs is 1. The van der Waals surface area contributed by atoms with E-state index in [4.69, 9.17) is 5.11 Å². The molecule has 7 heteroatoms. The number of nitrogens with zero attached hydrogens (tertiary/aromatic N) is 3. The van der Waals surface area contributed by atoms with Crippen molar-refractivity contribution >= 4 is 5.65 Å². The van der Waals surface area contributed by atoms with Crippen LogP contribution >= 0.6 is 0 Å². The van der Waals surface area contributed by atoms with Crippen LogP contribution in [0.4, 0.5) is 13.2 Å². The number of hydrogen-bond acceptors (Lipinski definition) is 3. The lowest BCUT2D eigenvalue weighted by Crippen LogP contribution is -2.07. The normalized spacial score (nSPS) is 12.2. The van der Waals surface area contributed by atoms with Crippen LogP contribution in [-0.4, -0.2) is 26.3 Å². The maximum Gasteiger partial charge on any atom is 0.417 e. The molecule has 0 aliphatic heterocycles. The number of pyridine rings is 1. The molecule has 0 spiro atoms. The van der Waals surface area contributed by atoms with Crippen LogP contribution in [0.25, 0.3) is 5.65 Å². The van der Waals surface area contributed by atoms with E-state index in [-0.39, 0.29) is 13.0 Å². The third-order valence-electron chi connectivity index (χ3n) is 2.14. The minimum atomic E-state index is -4.39. The lowest BCUT2D eigenvalue weighted by molar-refractivity contribution is -0.137. The number of alkyl halides is 3. The van der Waals surface area contributed by atoms with E-state index in [0.717, 1.165) is 12.3 Å². The Labute approximate surface area is 88.3 Å². The first-order valence-electron chi connectivity index (χ1n) is 4.54. The van der Waals surface area contributed by atoms with Gasteiger partial charge in [0.05, 0.1) is 12.2 Å². The Morgan fingerprint density at radius 3 is 2.62 bits per heavy atom. The van der Waals surface area contributed by atoms with Gasteiger partial charge in [-0.15, -0.1) is 10.2 Å². The van der Waals surface area contributed by atoms with Gasteiger partial charge in [-0.3, -0.25) is 4.40 Å². The van der Waals surface area contributed by atoms with Crippen LogP contribution in [0.15, 0.2) is 18.3 Å². The van der Waals surface area contributed by atoms with Crippen molar-refractivity contribution in [2.75, 3.05) is 6.61 Å². The average Bonchev–Trinajstić information content (AvgIpc) is 2.60. The Morgan fingerprint density at radius 1 is 1.25 bits per heavy atom. The summed E-state index contributed by atoms with van der Waals surface area (Å²) in [5.74, 6) is 0.309. The van der Waals surface area contributed by atoms with Gasteiger partial charge in [-0.25, -0.2) is 0 Å². The Hall–Kier alpha value is -1.63. The SMILES string of the molecule is OCCc1nnc2ccc(C(F)(F)F)cn12. The van der Waals surface area contributed by atoms with Crippen LogP contribution in [0.5, 0.6) is 0 Å². The molecule has 2 heterocycles. The molecule has 0 atom stereocenters. The van der Waals surface area contributed by atoms with Gasteiger partial charge in [0.1, 0.15) is 5.82 Å². The van der Waals surface area contributed by atoms with Crippen LogP contribution in [0.1, 0.15) is 11.4 Å². The Balaban J connectivity index is 2.54. The molecule has 2 rings (SSSR count). The molecule has 0 unspecified atom stereocenters. The van der Waals surface area contributed by atoms with Crippen molar-refractivity contribution in [3.63, 3.8) is 0 Å². The van der Waals surface area contributed by atoms with Crippen molar-refractivity contribution in [3.8, 4) is 0 Å². The summed E-state index contributed by atoms with van der Waals surface area (Å²) in [7, 11) is 0. The summed E-state index contributed by atoms with van der Waals surface area (Å²) < 4.78 is 38.5. The number of aliphatic hydroxyl groups is 1. The van der Waals surface area contributed by atoms with E-state index in [9.17, 15) is 13.2 Å². The second kappa shape index (κ2) is 3.75. The van der Waals surface area contributed by atoms with Crippen LogP contribution in [0, 0.1) is 0 Å². The first-order chi connectivity index (χ1) is 7.52. The summed E-state index contributed by atoms with van der Waals surface area (Å²) in [6.45, 7) is -0.183. The molecule has 0 aromatic carbocycles. The highest BCUT2D eigenvalue weighted by molar-refractivity contribution is 5.40. The number of rotatable bonds is 2. The van der Waals surface area contributed by atoms with Crippen molar-refractivity contribution in [3.05, 3.63) is 29.7 Å². The molecule has 86 valence electrons. The van der Waals surface area contributed by atoms with Crippen LogP contribution in [0.2, 0.25) is 0 Å². The van der Waals surface area contributed by atoms with E-state index in [1.807, 2.05) is 0 Å². The summed E-state index contributed by atoms with van der Waals surface area (Å²) in [5.41, 5.74) is -0.435. The zero-order valence-corrected chi connectivity index (χ0v) is 8.07. The smallest absolute Gasteiger partial charge is 0.396 e. The van der Waals surface area contributed by atoms with E-state index in [2.05, 4.69) is 10.2 Å². The third kappa shape index (κ3) is 1.85. The molecule has 2 aromatic heterocycles. The molecule has 0 aliphatic rings. The van der Waals surface area contributed by atoms with Gasteiger partial charge in [0.25, 0.3) is 0 Å². The molecule has 2 aromatic rings. The van der Waals surface area contributed by atoms with E-state index in [0.29, 0.717) is 11.5 Å². The highest BCUT2D eigenvalue weighted by Gasteiger charge is 2.31. The second-order valence-corrected chi connectivity index (χ2v) is 3.23. The van der Waals surface area contributed by atoms with Gasteiger partial charge in [0.15, 0.2) is 5.65 Å². The Morgan fingerprint density at radius 2 is 2.00 bits per heavy atom. The number of aromatic nitrogens is 3. The minimum Gasteiger partial charge on any atom is -0.396 e. The predicted octanol–water partition coefficient (Wildman–Crippen LogP) is 1.28. The summed E-state index contributed by atoms with van der Waals surface area (Å²) in [6, 6.07) is 2.20. The molecule has 0 saturated carbocycles. The van der Waals surface area contributed by atoms with E-state index in [1.165, 1.54) is 10.5 Å². The van der Waals surface area contributed by atoms with Gasteiger partial charge in [-0.2, -0.15) is 13.2 Å². The fourth-order valence-corrected chi connectivity index (χ4v) is 1.38. The molecule has 16 heavy (non-hydrogen) atoms. The standard InChI is InChI=1S/C9H8F3N3O/c10-9(11,12)6-1-2-7-13-14-8(3-4-16)15(7)5-6/h1-2,5,16H,3-4H2. The van der Waals surface area contributed by atoms with Gasteiger partial charge in [-0.05, 0) is 12.1 Å². The zero-order valence-electron chi connectivity index (χ0n) is 8.07. The minimum absolute atomic E-state index is 0.169. The van der Waals surface area contributed by atoms with Gasteiger partial charge < -0.3 is 5.11 Å². The zero-order chi connectivity index (χ0) is 11.8. The molecular formula is C9H8F3N3O. The molecule has 0 bridgehead atoms. The fourth-order valence-electron chi connectivity index (χ4n) is 1.38. The summed E-state index contributed by atoms with van der Waals surface area (Å²) in [5, 5.41) is 16.1. The molecular weight excluding hydrogens is 223 g/mol. The Bertz CT molecular complexity index is 506. The van der Waals surface area contributed by atoms with Gasteiger partial charge in [0.2, 0.25) is 0 Å². The molecule has 0 amide bonds. The number of aliphatic hydroxyl groups excluding tert-OH is 1. The summed E-state index contributed by atoms with van der Waals surface area (Å²) >= 11 is 0.